The lowest BCUT2D eigenvalue weighted by molar-refractivity contribution is -0.148. The van der Waals surface area contributed by atoms with Crippen LogP contribution in [0.3, 0.4) is 0 Å². The molecule has 3 rings (SSSR count). The monoisotopic (exact) mass is 371 g/mol. The van der Waals surface area contributed by atoms with E-state index in [-0.39, 0.29) is 25.5 Å². The third-order valence-electron chi connectivity index (χ3n) is 4.76. The highest BCUT2D eigenvalue weighted by atomic mass is 16.5. The summed E-state index contributed by atoms with van der Waals surface area (Å²) in [5.74, 6) is -0.724. The molecule has 0 spiro atoms. The van der Waals surface area contributed by atoms with Crippen molar-refractivity contribution in [3.05, 3.63) is 24.3 Å². The number of hydrogen-bond acceptors (Lipinski definition) is 6. The molecule has 8 nitrogen and oxygen atoms in total. The molecule has 8 heteroatoms. The second kappa shape index (κ2) is 8.08. The fourth-order valence-corrected chi connectivity index (χ4v) is 3.37. The summed E-state index contributed by atoms with van der Waals surface area (Å²) in [7, 11) is 0. The zero-order valence-corrected chi connectivity index (χ0v) is 14.9. The molecule has 142 valence electrons. The lowest BCUT2D eigenvalue weighted by Gasteiger charge is -2.29. The number of carbonyl (C=O) groups excluding carboxylic acids is 3. The first-order valence-electron chi connectivity index (χ1n) is 8.93. The summed E-state index contributed by atoms with van der Waals surface area (Å²) in [5.41, 5.74) is -0.232. The number of fused-ring (bicyclic) bond motifs is 1. The first-order valence-corrected chi connectivity index (χ1v) is 8.93. The van der Waals surface area contributed by atoms with Crippen molar-refractivity contribution in [1.29, 1.82) is 5.26 Å². The van der Waals surface area contributed by atoms with E-state index in [9.17, 15) is 19.6 Å². The molecule has 0 bridgehead atoms. The van der Waals surface area contributed by atoms with Crippen LogP contribution in [0.4, 0.5) is 5.69 Å². The molecule has 1 N–H and O–H groups in total. The normalized spacial score (nSPS) is 17.4. The average molecular weight is 371 g/mol. The Hall–Kier alpha value is -3.08. The number of esters is 1. The Morgan fingerprint density at radius 1 is 1.30 bits per heavy atom. The molecule has 0 atom stereocenters. The van der Waals surface area contributed by atoms with E-state index >= 15 is 0 Å². The number of rotatable bonds is 6. The zero-order valence-electron chi connectivity index (χ0n) is 14.9. The van der Waals surface area contributed by atoms with Crippen LogP contribution in [0.5, 0.6) is 5.75 Å². The van der Waals surface area contributed by atoms with E-state index in [1.807, 2.05) is 0 Å². The maximum atomic E-state index is 12.1. The van der Waals surface area contributed by atoms with Crippen LogP contribution in [-0.4, -0.2) is 43.1 Å². The minimum absolute atomic E-state index is 0.0449. The lowest BCUT2D eigenvalue weighted by atomic mass is 10.00. The Kier molecular flexibility index (Phi) is 5.60. The van der Waals surface area contributed by atoms with Gasteiger partial charge in [0.25, 0.3) is 11.8 Å². The topological polar surface area (TPSA) is 109 Å². The first-order chi connectivity index (χ1) is 13.0. The SMILES string of the molecule is N#CC1(NC(=O)COC(=O)CCN2C(=O)COc3ccccc32)CCCC1. The quantitative estimate of drug-likeness (QED) is 0.755. The van der Waals surface area contributed by atoms with Gasteiger partial charge in [0.1, 0.15) is 11.3 Å². The summed E-state index contributed by atoms with van der Waals surface area (Å²) in [6, 6.07) is 9.24. The highest BCUT2D eigenvalue weighted by Gasteiger charge is 2.35. The molecule has 1 heterocycles. The van der Waals surface area contributed by atoms with Crippen LogP contribution < -0.4 is 15.0 Å². The van der Waals surface area contributed by atoms with Crippen molar-refractivity contribution in [2.45, 2.75) is 37.6 Å². The van der Waals surface area contributed by atoms with E-state index in [1.54, 1.807) is 24.3 Å². The van der Waals surface area contributed by atoms with Crippen LogP contribution in [-0.2, 0) is 19.1 Å². The Morgan fingerprint density at radius 2 is 2.04 bits per heavy atom. The van der Waals surface area contributed by atoms with Gasteiger partial charge in [0, 0.05) is 6.54 Å². The first kappa shape index (κ1) is 18.7. The van der Waals surface area contributed by atoms with Crippen LogP contribution in [0.2, 0.25) is 0 Å². The largest absolute Gasteiger partial charge is 0.482 e. The Morgan fingerprint density at radius 3 is 2.78 bits per heavy atom. The summed E-state index contributed by atoms with van der Waals surface area (Å²) in [6.07, 6.45) is 2.96. The van der Waals surface area contributed by atoms with Crippen molar-refractivity contribution >= 4 is 23.5 Å². The molecule has 27 heavy (non-hydrogen) atoms. The molecule has 2 aliphatic rings. The van der Waals surface area contributed by atoms with Crippen LogP contribution in [0.25, 0.3) is 0 Å². The van der Waals surface area contributed by atoms with Crippen LogP contribution in [0, 0.1) is 11.3 Å². The fraction of sp³-hybridized carbons (Fsp3) is 0.474. The van der Waals surface area contributed by atoms with Gasteiger partial charge in [0.15, 0.2) is 13.2 Å². The third-order valence-corrected chi connectivity index (χ3v) is 4.76. The van der Waals surface area contributed by atoms with Gasteiger partial charge in [0.05, 0.1) is 18.2 Å². The van der Waals surface area contributed by atoms with Crippen LogP contribution in [0.15, 0.2) is 24.3 Å². The fourth-order valence-electron chi connectivity index (χ4n) is 3.37. The van der Waals surface area contributed by atoms with Crippen molar-refractivity contribution in [2.75, 3.05) is 24.7 Å². The van der Waals surface area contributed by atoms with Gasteiger partial charge in [-0.25, -0.2) is 0 Å². The summed E-state index contributed by atoms with van der Waals surface area (Å²) >= 11 is 0. The van der Waals surface area contributed by atoms with Gasteiger partial charge < -0.3 is 19.7 Å². The van der Waals surface area contributed by atoms with Gasteiger partial charge in [-0.15, -0.1) is 0 Å². The van der Waals surface area contributed by atoms with Gasteiger partial charge in [-0.1, -0.05) is 12.1 Å². The molecular formula is C19H21N3O5. The highest BCUT2D eigenvalue weighted by molar-refractivity contribution is 5.98. The summed E-state index contributed by atoms with van der Waals surface area (Å²) in [5, 5.41) is 11.9. The predicted molar refractivity (Wildman–Crippen MR) is 94.8 cm³/mol. The van der Waals surface area contributed by atoms with Gasteiger partial charge in [-0.3, -0.25) is 14.4 Å². The number of anilines is 1. The van der Waals surface area contributed by atoms with Crippen molar-refractivity contribution in [2.24, 2.45) is 0 Å². The van der Waals surface area contributed by atoms with Crippen molar-refractivity contribution in [3.63, 3.8) is 0 Å². The molecule has 2 amide bonds. The summed E-state index contributed by atoms with van der Waals surface area (Å²) in [6.45, 7) is -0.373. The number of para-hydroxylation sites is 2. The number of carbonyl (C=O) groups is 3. The Labute approximate surface area is 157 Å². The van der Waals surface area contributed by atoms with Crippen molar-refractivity contribution in [1.82, 2.24) is 5.32 Å². The number of nitrogens with zero attached hydrogens (tertiary/aromatic N) is 2. The second-order valence-electron chi connectivity index (χ2n) is 6.66. The molecule has 0 unspecified atom stereocenters. The number of nitriles is 1. The second-order valence-corrected chi connectivity index (χ2v) is 6.66. The van der Waals surface area contributed by atoms with E-state index < -0.39 is 24.0 Å². The van der Waals surface area contributed by atoms with E-state index in [0.717, 1.165) is 12.8 Å². The molecule has 0 saturated heterocycles. The minimum Gasteiger partial charge on any atom is -0.482 e. The van der Waals surface area contributed by atoms with Gasteiger partial charge in [-0.05, 0) is 37.8 Å². The molecular weight excluding hydrogens is 350 g/mol. The molecule has 1 fully saturated rings. The lowest BCUT2D eigenvalue weighted by Crippen LogP contribution is -2.46. The molecule has 1 aromatic carbocycles. The number of hydrogen-bond donors (Lipinski definition) is 1. The highest BCUT2D eigenvalue weighted by Crippen LogP contribution is 2.31. The molecule has 1 saturated carbocycles. The molecule has 1 aromatic rings. The van der Waals surface area contributed by atoms with Crippen LogP contribution >= 0.6 is 0 Å². The van der Waals surface area contributed by atoms with Gasteiger partial charge in [-0.2, -0.15) is 5.26 Å². The Bertz CT molecular complexity index is 780. The number of benzene rings is 1. The summed E-state index contributed by atoms with van der Waals surface area (Å²) in [4.78, 5) is 37.5. The van der Waals surface area contributed by atoms with Crippen LogP contribution in [0.1, 0.15) is 32.1 Å². The molecule has 1 aliphatic heterocycles. The maximum Gasteiger partial charge on any atom is 0.308 e. The van der Waals surface area contributed by atoms with E-state index in [2.05, 4.69) is 11.4 Å². The number of ether oxygens (including phenoxy) is 2. The number of amides is 2. The van der Waals surface area contributed by atoms with Crippen molar-refractivity contribution < 1.29 is 23.9 Å². The number of nitrogens with one attached hydrogen (secondary N) is 1. The minimum atomic E-state index is -0.840. The predicted octanol–water partition coefficient (Wildman–Crippen LogP) is 1.30. The smallest absolute Gasteiger partial charge is 0.308 e. The molecule has 0 aromatic heterocycles. The van der Waals surface area contributed by atoms with Gasteiger partial charge >= 0.3 is 5.97 Å². The van der Waals surface area contributed by atoms with Gasteiger partial charge in [0.2, 0.25) is 0 Å². The summed E-state index contributed by atoms with van der Waals surface area (Å²) < 4.78 is 10.3. The third kappa shape index (κ3) is 4.37. The van der Waals surface area contributed by atoms with E-state index in [1.165, 1.54) is 4.90 Å². The maximum absolute atomic E-state index is 12.1. The van der Waals surface area contributed by atoms with Crippen molar-refractivity contribution in [3.8, 4) is 11.8 Å². The standard InChI is InChI=1S/C19H21N3O5/c20-13-19(8-3-4-9-19)21-16(23)11-27-18(25)7-10-22-14-5-1-2-6-15(14)26-12-17(22)24/h1-2,5-6H,3-4,7-12H2,(H,21,23). The van der Waals surface area contributed by atoms with E-state index in [4.69, 9.17) is 9.47 Å². The molecule has 1 aliphatic carbocycles. The van der Waals surface area contributed by atoms with E-state index in [0.29, 0.717) is 24.3 Å². The molecule has 0 radical (unpaired) electrons. The Balaban J connectivity index is 1.47. The zero-order chi connectivity index (χ0) is 19.3. The average Bonchev–Trinajstić information content (AvgIpc) is 3.14.